The molecule has 0 radical (unpaired) electrons. The quantitative estimate of drug-likeness (QED) is 0.730. The van der Waals surface area contributed by atoms with E-state index in [1.165, 1.54) is 16.8 Å². The van der Waals surface area contributed by atoms with Crippen LogP contribution in [0, 0.1) is 12.8 Å². The second kappa shape index (κ2) is 4.83. The minimum atomic E-state index is 0.395. The fourth-order valence-corrected chi connectivity index (χ4v) is 2.71. The van der Waals surface area contributed by atoms with Crippen LogP contribution in [0.5, 0.6) is 0 Å². The molecule has 0 saturated carbocycles. The van der Waals surface area contributed by atoms with Crippen molar-refractivity contribution in [3.63, 3.8) is 0 Å². The number of aryl methyl sites for hydroxylation is 1. The summed E-state index contributed by atoms with van der Waals surface area (Å²) in [6.07, 6.45) is 2.04. The Kier molecular flexibility index (Phi) is 3.56. The molecule has 0 aromatic carbocycles. The van der Waals surface area contributed by atoms with Crippen LogP contribution in [0.4, 0.5) is 0 Å². The molecule has 1 unspecified atom stereocenters. The largest absolute Gasteiger partial charge is 0.238 e. The standard InChI is InChI=1S/C16H24N2/c1-9(2)13-7-11(5)8-14-12(6)17-16(10(3)4)18-15(13)14/h9-10,13H,5,7-8H2,1-4,6H3. The summed E-state index contributed by atoms with van der Waals surface area (Å²) in [4.78, 5) is 9.52. The summed E-state index contributed by atoms with van der Waals surface area (Å²) < 4.78 is 0. The smallest absolute Gasteiger partial charge is 0.131 e. The Bertz CT molecular complexity index is 472. The summed E-state index contributed by atoms with van der Waals surface area (Å²) in [6, 6.07) is 0. The van der Waals surface area contributed by atoms with Crippen LogP contribution < -0.4 is 0 Å². The summed E-state index contributed by atoms with van der Waals surface area (Å²) in [6.45, 7) is 15.2. The fourth-order valence-electron chi connectivity index (χ4n) is 2.71. The molecule has 0 N–H and O–H groups in total. The summed E-state index contributed by atoms with van der Waals surface area (Å²) in [5, 5.41) is 0. The third kappa shape index (κ3) is 2.33. The normalized spacial score (nSPS) is 19.5. The van der Waals surface area contributed by atoms with Crippen LogP contribution in [0.3, 0.4) is 0 Å². The van der Waals surface area contributed by atoms with E-state index in [0.717, 1.165) is 24.4 Å². The van der Waals surface area contributed by atoms with Gasteiger partial charge < -0.3 is 0 Å². The predicted octanol–water partition coefficient (Wildman–Crippen LogP) is 4.15. The van der Waals surface area contributed by atoms with Gasteiger partial charge in [0.15, 0.2) is 0 Å². The Labute approximate surface area is 111 Å². The summed E-state index contributed by atoms with van der Waals surface area (Å²) >= 11 is 0. The molecule has 2 heteroatoms. The fraction of sp³-hybridized carbons (Fsp3) is 0.625. The van der Waals surface area contributed by atoms with E-state index in [2.05, 4.69) is 46.2 Å². The Balaban J connectivity index is 2.56. The molecule has 1 aliphatic carbocycles. The van der Waals surface area contributed by atoms with Gasteiger partial charge in [0, 0.05) is 17.5 Å². The molecule has 0 amide bonds. The molecule has 1 aliphatic rings. The van der Waals surface area contributed by atoms with Crippen LogP contribution in [0.25, 0.3) is 0 Å². The van der Waals surface area contributed by atoms with E-state index in [1.54, 1.807) is 0 Å². The van der Waals surface area contributed by atoms with Gasteiger partial charge in [-0.25, -0.2) is 9.97 Å². The summed E-state index contributed by atoms with van der Waals surface area (Å²) in [7, 11) is 0. The van der Waals surface area contributed by atoms with Crippen molar-refractivity contribution in [2.24, 2.45) is 5.92 Å². The van der Waals surface area contributed by atoms with Gasteiger partial charge in [-0.2, -0.15) is 0 Å². The van der Waals surface area contributed by atoms with Gasteiger partial charge in [-0.05, 0) is 31.2 Å². The van der Waals surface area contributed by atoms with Crippen LogP contribution in [-0.2, 0) is 6.42 Å². The van der Waals surface area contributed by atoms with Crippen LogP contribution >= 0.6 is 0 Å². The van der Waals surface area contributed by atoms with Crippen molar-refractivity contribution in [2.45, 2.75) is 59.3 Å². The lowest BCUT2D eigenvalue weighted by molar-refractivity contribution is 0.459. The number of hydrogen-bond donors (Lipinski definition) is 0. The zero-order valence-corrected chi connectivity index (χ0v) is 12.2. The first-order chi connectivity index (χ1) is 8.40. The average Bonchev–Trinajstić information content (AvgIpc) is 2.28. The summed E-state index contributed by atoms with van der Waals surface area (Å²) in [5.41, 5.74) is 5.09. The highest BCUT2D eigenvalue weighted by Gasteiger charge is 2.28. The number of allylic oxidation sites excluding steroid dienone is 1. The van der Waals surface area contributed by atoms with Crippen molar-refractivity contribution in [3.05, 3.63) is 34.9 Å². The number of nitrogens with zero attached hydrogens (tertiary/aromatic N) is 2. The van der Waals surface area contributed by atoms with Crippen molar-refractivity contribution < 1.29 is 0 Å². The van der Waals surface area contributed by atoms with Gasteiger partial charge in [0.2, 0.25) is 0 Å². The van der Waals surface area contributed by atoms with Crippen LogP contribution in [-0.4, -0.2) is 9.97 Å². The molecule has 0 fully saturated rings. The molecule has 0 bridgehead atoms. The third-order valence-electron chi connectivity index (χ3n) is 3.87. The van der Waals surface area contributed by atoms with Gasteiger partial charge in [0.25, 0.3) is 0 Å². The minimum absolute atomic E-state index is 0.395. The first-order valence-corrected chi connectivity index (χ1v) is 6.94. The van der Waals surface area contributed by atoms with Gasteiger partial charge in [0.05, 0.1) is 5.69 Å². The van der Waals surface area contributed by atoms with Crippen LogP contribution in [0.15, 0.2) is 12.2 Å². The molecule has 1 aromatic rings. The molecule has 1 aromatic heterocycles. The lowest BCUT2D eigenvalue weighted by Gasteiger charge is -2.30. The molecule has 1 heterocycles. The molecule has 2 nitrogen and oxygen atoms in total. The highest BCUT2D eigenvalue weighted by molar-refractivity contribution is 5.37. The van der Waals surface area contributed by atoms with E-state index in [9.17, 15) is 0 Å². The molecular weight excluding hydrogens is 220 g/mol. The Hall–Kier alpha value is -1.18. The minimum Gasteiger partial charge on any atom is -0.238 e. The topological polar surface area (TPSA) is 25.8 Å². The van der Waals surface area contributed by atoms with E-state index >= 15 is 0 Å². The van der Waals surface area contributed by atoms with E-state index < -0.39 is 0 Å². The first-order valence-electron chi connectivity index (χ1n) is 6.94. The molecule has 18 heavy (non-hydrogen) atoms. The van der Waals surface area contributed by atoms with Gasteiger partial charge in [-0.15, -0.1) is 0 Å². The van der Waals surface area contributed by atoms with Crippen LogP contribution in [0.1, 0.15) is 68.7 Å². The van der Waals surface area contributed by atoms with Gasteiger partial charge >= 0.3 is 0 Å². The first kappa shape index (κ1) is 13.3. The van der Waals surface area contributed by atoms with Crippen molar-refractivity contribution in [1.82, 2.24) is 9.97 Å². The number of aromatic nitrogens is 2. The molecule has 1 atom stereocenters. The van der Waals surface area contributed by atoms with Gasteiger partial charge in [-0.3, -0.25) is 0 Å². The number of fused-ring (bicyclic) bond motifs is 1. The van der Waals surface area contributed by atoms with Crippen molar-refractivity contribution in [1.29, 1.82) is 0 Å². The van der Waals surface area contributed by atoms with E-state index in [0.29, 0.717) is 17.8 Å². The zero-order chi connectivity index (χ0) is 13.4. The van der Waals surface area contributed by atoms with Crippen molar-refractivity contribution in [2.75, 3.05) is 0 Å². The van der Waals surface area contributed by atoms with E-state index in [1.807, 2.05) is 0 Å². The zero-order valence-electron chi connectivity index (χ0n) is 12.2. The Morgan fingerprint density at radius 1 is 1.17 bits per heavy atom. The lowest BCUT2D eigenvalue weighted by atomic mass is 9.77. The maximum absolute atomic E-state index is 4.86. The van der Waals surface area contributed by atoms with E-state index in [4.69, 9.17) is 4.98 Å². The second-order valence-electron chi connectivity index (χ2n) is 6.17. The Morgan fingerprint density at radius 3 is 2.39 bits per heavy atom. The third-order valence-corrected chi connectivity index (χ3v) is 3.87. The lowest BCUT2D eigenvalue weighted by Crippen LogP contribution is -2.21. The molecular formula is C16H24N2. The van der Waals surface area contributed by atoms with Crippen molar-refractivity contribution in [3.8, 4) is 0 Å². The molecule has 98 valence electrons. The number of rotatable bonds is 2. The average molecular weight is 244 g/mol. The SMILES string of the molecule is C=C1Cc2c(C)nc(C(C)C)nc2C(C(C)C)C1. The van der Waals surface area contributed by atoms with Gasteiger partial charge in [-0.1, -0.05) is 39.8 Å². The van der Waals surface area contributed by atoms with E-state index in [-0.39, 0.29) is 0 Å². The van der Waals surface area contributed by atoms with Crippen molar-refractivity contribution >= 4 is 0 Å². The maximum atomic E-state index is 4.86. The second-order valence-corrected chi connectivity index (χ2v) is 6.17. The molecule has 2 rings (SSSR count). The highest BCUT2D eigenvalue weighted by Crippen LogP contribution is 2.38. The maximum Gasteiger partial charge on any atom is 0.131 e. The van der Waals surface area contributed by atoms with Gasteiger partial charge in [0.1, 0.15) is 5.82 Å². The molecule has 0 aliphatic heterocycles. The Morgan fingerprint density at radius 2 is 1.83 bits per heavy atom. The monoisotopic (exact) mass is 244 g/mol. The molecule has 0 saturated heterocycles. The van der Waals surface area contributed by atoms with Crippen LogP contribution in [0.2, 0.25) is 0 Å². The summed E-state index contributed by atoms with van der Waals surface area (Å²) in [5.74, 6) is 2.51. The predicted molar refractivity (Wildman–Crippen MR) is 75.9 cm³/mol. The molecule has 0 spiro atoms. The highest BCUT2D eigenvalue weighted by atomic mass is 14.9. The number of hydrogen-bond acceptors (Lipinski definition) is 2.